The summed E-state index contributed by atoms with van der Waals surface area (Å²) < 4.78 is 0. The number of nitrogens with two attached hydrogens (primary N) is 1. The van der Waals surface area contributed by atoms with Crippen molar-refractivity contribution in [2.45, 2.75) is 33.4 Å². The lowest BCUT2D eigenvalue weighted by Crippen LogP contribution is -2.44. The number of likely N-dealkylation sites (N-methyl/N-ethyl adjacent to an activating group) is 1. The molecule has 3 heteroatoms. The zero-order valence-electron chi connectivity index (χ0n) is 11.1. The molecule has 0 aliphatic carbocycles. The first-order chi connectivity index (χ1) is 7.91. The second-order valence-corrected chi connectivity index (χ2v) is 4.95. The maximum absolute atomic E-state index is 12.0. The largest absolute Gasteiger partial charge is 0.340 e. The molecule has 0 saturated carbocycles. The average molecular weight is 234 g/mol. The smallest absolute Gasteiger partial charge is 0.239 e. The van der Waals surface area contributed by atoms with Crippen molar-refractivity contribution in [2.75, 3.05) is 7.05 Å². The number of hydrogen-bond acceptors (Lipinski definition) is 2. The van der Waals surface area contributed by atoms with Gasteiger partial charge in [0.2, 0.25) is 5.91 Å². The number of benzene rings is 1. The Morgan fingerprint density at radius 1 is 1.29 bits per heavy atom. The Morgan fingerprint density at radius 2 is 1.82 bits per heavy atom. The van der Waals surface area contributed by atoms with E-state index in [0.29, 0.717) is 6.54 Å². The SMILES string of the molecule is Cc1ccc(CN(C)C(=O)[C@@H](N)C(C)C)cc1. The van der Waals surface area contributed by atoms with E-state index in [9.17, 15) is 4.79 Å². The molecule has 0 aromatic heterocycles. The monoisotopic (exact) mass is 234 g/mol. The van der Waals surface area contributed by atoms with Crippen molar-refractivity contribution in [2.24, 2.45) is 11.7 Å². The van der Waals surface area contributed by atoms with Crippen LogP contribution in [-0.2, 0) is 11.3 Å². The Morgan fingerprint density at radius 3 is 2.29 bits per heavy atom. The number of nitrogens with zero attached hydrogens (tertiary/aromatic N) is 1. The molecule has 94 valence electrons. The van der Waals surface area contributed by atoms with Gasteiger partial charge in [-0.15, -0.1) is 0 Å². The number of amides is 1. The maximum Gasteiger partial charge on any atom is 0.239 e. The van der Waals surface area contributed by atoms with Gasteiger partial charge in [-0.1, -0.05) is 43.7 Å². The van der Waals surface area contributed by atoms with Crippen LogP contribution < -0.4 is 5.73 Å². The van der Waals surface area contributed by atoms with Gasteiger partial charge in [0.1, 0.15) is 0 Å². The Hall–Kier alpha value is -1.35. The molecule has 1 atom stereocenters. The van der Waals surface area contributed by atoms with Crippen molar-refractivity contribution in [1.29, 1.82) is 0 Å². The topological polar surface area (TPSA) is 46.3 Å². The van der Waals surface area contributed by atoms with Gasteiger partial charge in [0.15, 0.2) is 0 Å². The molecule has 0 fully saturated rings. The highest BCUT2D eigenvalue weighted by atomic mass is 16.2. The zero-order valence-corrected chi connectivity index (χ0v) is 11.1. The number of aryl methyl sites for hydroxylation is 1. The van der Waals surface area contributed by atoms with Crippen molar-refractivity contribution in [3.63, 3.8) is 0 Å². The number of carbonyl (C=O) groups is 1. The van der Waals surface area contributed by atoms with Crippen LogP contribution in [0, 0.1) is 12.8 Å². The van der Waals surface area contributed by atoms with Gasteiger partial charge in [0, 0.05) is 13.6 Å². The highest BCUT2D eigenvalue weighted by molar-refractivity contribution is 5.81. The Balaban J connectivity index is 2.63. The Bertz CT molecular complexity index is 370. The molecule has 1 aromatic rings. The van der Waals surface area contributed by atoms with E-state index in [0.717, 1.165) is 5.56 Å². The minimum Gasteiger partial charge on any atom is -0.340 e. The molecule has 1 rings (SSSR count). The molecule has 0 aliphatic rings. The molecule has 2 N–H and O–H groups in total. The van der Waals surface area contributed by atoms with Crippen LogP contribution in [0.5, 0.6) is 0 Å². The van der Waals surface area contributed by atoms with Crippen molar-refractivity contribution < 1.29 is 4.79 Å². The third-order valence-electron chi connectivity index (χ3n) is 2.92. The summed E-state index contributed by atoms with van der Waals surface area (Å²) in [5.74, 6) is 0.170. The summed E-state index contributed by atoms with van der Waals surface area (Å²) in [6.45, 7) is 6.58. The molecule has 0 heterocycles. The standard InChI is InChI=1S/C14H22N2O/c1-10(2)13(15)14(17)16(4)9-12-7-5-11(3)6-8-12/h5-8,10,13H,9,15H2,1-4H3/t13-/m0/s1. The number of hydrogen-bond donors (Lipinski definition) is 1. The summed E-state index contributed by atoms with van der Waals surface area (Å²) in [7, 11) is 1.80. The molecule has 1 aromatic carbocycles. The van der Waals surface area contributed by atoms with Crippen molar-refractivity contribution in [1.82, 2.24) is 4.90 Å². The van der Waals surface area contributed by atoms with E-state index in [1.165, 1.54) is 5.56 Å². The highest BCUT2D eigenvalue weighted by Gasteiger charge is 2.20. The molecule has 17 heavy (non-hydrogen) atoms. The van der Waals surface area contributed by atoms with Crippen LogP contribution in [-0.4, -0.2) is 23.9 Å². The van der Waals surface area contributed by atoms with Gasteiger partial charge >= 0.3 is 0 Å². The fourth-order valence-electron chi connectivity index (χ4n) is 1.58. The summed E-state index contributed by atoms with van der Waals surface area (Å²) in [5, 5.41) is 0. The summed E-state index contributed by atoms with van der Waals surface area (Å²) in [6.07, 6.45) is 0. The van der Waals surface area contributed by atoms with Crippen molar-refractivity contribution in [3.05, 3.63) is 35.4 Å². The summed E-state index contributed by atoms with van der Waals surface area (Å²) in [5.41, 5.74) is 8.20. The van der Waals surface area contributed by atoms with Gasteiger partial charge < -0.3 is 10.6 Å². The molecule has 0 saturated heterocycles. The normalized spacial score (nSPS) is 12.6. The maximum atomic E-state index is 12.0. The van der Waals surface area contributed by atoms with Crippen LogP contribution in [0.2, 0.25) is 0 Å². The van der Waals surface area contributed by atoms with Gasteiger partial charge in [-0.25, -0.2) is 0 Å². The van der Waals surface area contributed by atoms with E-state index in [2.05, 4.69) is 12.1 Å². The Labute approximate surface area is 104 Å². The molecule has 0 radical (unpaired) electrons. The van der Waals surface area contributed by atoms with Crippen molar-refractivity contribution >= 4 is 5.91 Å². The first-order valence-electron chi connectivity index (χ1n) is 5.98. The van der Waals surface area contributed by atoms with Crippen LogP contribution in [0.25, 0.3) is 0 Å². The van der Waals surface area contributed by atoms with E-state index >= 15 is 0 Å². The van der Waals surface area contributed by atoms with Crippen LogP contribution >= 0.6 is 0 Å². The quantitative estimate of drug-likeness (QED) is 0.865. The Kier molecular flexibility index (Phi) is 4.70. The minimum absolute atomic E-state index is 0.000532. The summed E-state index contributed by atoms with van der Waals surface area (Å²) >= 11 is 0. The molecule has 1 amide bonds. The van der Waals surface area contributed by atoms with E-state index in [1.807, 2.05) is 32.9 Å². The predicted octanol–water partition coefficient (Wildman–Crippen LogP) is 1.94. The molecule has 0 bridgehead atoms. The van der Waals surface area contributed by atoms with E-state index in [4.69, 9.17) is 5.73 Å². The van der Waals surface area contributed by atoms with Crippen LogP contribution in [0.3, 0.4) is 0 Å². The van der Waals surface area contributed by atoms with Crippen LogP contribution in [0.1, 0.15) is 25.0 Å². The van der Waals surface area contributed by atoms with Crippen LogP contribution in [0.4, 0.5) is 0 Å². The fourth-order valence-corrected chi connectivity index (χ4v) is 1.58. The minimum atomic E-state index is -0.412. The molecule has 3 nitrogen and oxygen atoms in total. The van der Waals surface area contributed by atoms with Gasteiger partial charge in [0.25, 0.3) is 0 Å². The van der Waals surface area contributed by atoms with E-state index in [-0.39, 0.29) is 11.8 Å². The summed E-state index contributed by atoms with van der Waals surface area (Å²) in [4.78, 5) is 13.6. The van der Waals surface area contributed by atoms with E-state index in [1.54, 1.807) is 11.9 Å². The second-order valence-electron chi connectivity index (χ2n) is 4.95. The molecule has 0 unspecified atom stereocenters. The predicted molar refractivity (Wildman–Crippen MR) is 70.5 cm³/mol. The van der Waals surface area contributed by atoms with E-state index < -0.39 is 6.04 Å². The first kappa shape index (κ1) is 13.7. The average Bonchev–Trinajstić information content (AvgIpc) is 2.30. The highest BCUT2D eigenvalue weighted by Crippen LogP contribution is 2.08. The van der Waals surface area contributed by atoms with Gasteiger partial charge in [0.05, 0.1) is 6.04 Å². The lowest BCUT2D eigenvalue weighted by Gasteiger charge is -2.23. The van der Waals surface area contributed by atoms with Crippen LogP contribution in [0.15, 0.2) is 24.3 Å². The molecular formula is C14H22N2O. The van der Waals surface area contributed by atoms with Gasteiger partial charge in [-0.2, -0.15) is 0 Å². The van der Waals surface area contributed by atoms with Gasteiger partial charge in [-0.3, -0.25) is 4.79 Å². The third kappa shape index (κ3) is 3.86. The molecular weight excluding hydrogens is 212 g/mol. The fraction of sp³-hybridized carbons (Fsp3) is 0.500. The lowest BCUT2D eigenvalue weighted by atomic mass is 10.0. The first-order valence-corrected chi connectivity index (χ1v) is 5.98. The zero-order chi connectivity index (χ0) is 13.0. The number of rotatable bonds is 4. The molecule has 0 spiro atoms. The third-order valence-corrected chi connectivity index (χ3v) is 2.92. The lowest BCUT2D eigenvalue weighted by molar-refractivity contribution is -0.132. The van der Waals surface area contributed by atoms with Crippen molar-refractivity contribution in [3.8, 4) is 0 Å². The second kappa shape index (κ2) is 5.82. The number of carbonyl (C=O) groups excluding carboxylic acids is 1. The summed E-state index contributed by atoms with van der Waals surface area (Å²) in [6, 6.07) is 7.77. The van der Waals surface area contributed by atoms with Gasteiger partial charge in [-0.05, 0) is 18.4 Å². The molecule has 0 aliphatic heterocycles.